The maximum Gasteiger partial charge on any atom is 0.350 e. The number of aromatic nitrogens is 2. The lowest BCUT2D eigenvalue weighted by Crippen LogP contribution is -2.24. The zero-order valence-electron chi connectivity index (χ0n) is 12.3. The Kier molecular flexibility index (Phi) is 5.52. The first-order chi connectivity index (χ1) is 10.4. The number of nitrogens with zero attached hydrogens (tertiary/aromatic N) is 2. The van der Waals surface area contributed by atoms with Gasteiger partial charge >= 0.3 is 13.3 Å². The van der Waals surface area contributed by atoms with Crippen LogP contribution in [0.15, 0.2) is 21.5 Å². The molecule has 8 nitrogen and oxygen atoms in total. The first-order valence-electron chi connectivity index (χ1n) is 7.01. The fourth-order valence-corrected chi connectivity index (χ4v) is 2.35. The van der Waals surface area contributed by atoms with E-state index in [0.717, 1.165) is 30.4 Å². The van der Waals surface area contributed by atoms with E-state index in [1.54, 1.807) is 6.20 Å². The molecule has 0 radical (unpaired) electrons. The van der Waals surface area contributed by atoms with E-state index in [1.165, 1.54) is 4.57 Å². The first-order valence-corrected chi connectivity index (χ1v) is 8.81. The summed E-state index contributed by atoms with van der Waals surface area (Å²) in [6.07, 6.45) is 3.80. The van der Waals surface area contributed by atoms with E-state index in [9.17, 15) is 9.36 Å². The molecule has 0 aliphatic carbocycles. The molecular weight excluding hydrogens is 311 g/mol. The summed E-state index contributed by atoms with van der Waals surface area (Å²) >= 11 is 0. The van der Waals surface area contributed by atoms with Crippen molar-refractivity contribution in [1.82, 2.24) is 9.55 Å². The van der Waals surface area contributed by atoms with Gasteiger partial charge in [0.05, 0.1) is 18.5 Å². The number of fused-ring (bicyclic) bond motifs is 1. The van der Waals surface area contributed by atoms with Crippen LogP contribution in [0.1, 0.15) is 25.5 Å². The van der Waals surface area contributed by atoms with Crippen molar-refractivity contribution in [1.29, 1.82) is 0 Å². The second kappa shape index (κ2) is 7.19. The van der Waals surface area contributed by atoms with Crippen LogP contribution in [-0.2, 0) is 22.3 Å². The molecule has 22 heavy (non-hydrogen) atoms. The number of furan rings is 1. The maximum atomic E-state index is 11.8. The van der Waals surface area contributed by atoms with E-state index in [0.29, 0.717) is 5.71 Å². The van der Waals surface area contributed by atoms with Crippen LogP contribution in [0.3, 0.4) is 0 Å². The fourth-order valence-electron chi connectivity index (χ4n) is 1.98. The van der Waals surface area contributed by atoms with E-state index in [1.807, 2.05) is 6.07 Å². The molecule has 2 N–H and O–H groups in total. The highest BCUT2D eigenvalue weighted by molar-refractivity contribution is 7.51. The van der Waals surface area contributed by atoms with Crippen LogP contribution in [0, 0.1) is 0 Å². The van der Waals surface area contributed by atoms with Crippen LogP contribution >= 0.6 is 7.60 Å². The molecule has 0 atom stereocenters. The number of rotatable bonds is 8. The van der Waals surface area contributed by atoms with Gasteiger partial charge in [-0.25, -0.2) is 4.79 Å². The van der Waals surface area contributed by atoms with Gasteiger partial charge in [0.25, 0.3) is 0 Å². The average Bonchev–Trinajstić information content (AvgIpc) is 2.81. The van der Waals surface area contributed by atoms with E-state index in [-0.39, 0.29) is 13.2 Å². The Morgan fingerprint density at radius 3 is 2.91 bits per heavy atom. The summed E-state index contributed by atoms with van der Waals surface area (Å²) in [6.45, 7) is 2.26. The maximum absolute atomic E-state index is 11.8. The largest absolute Gasteiger partial charge is 0.443 e. The summed E-state index contributed by atoms with van der Waals surface area (Å²) in [5, 5.41) is 0.723. The van der Waals surface area contributed by atoms with Crippen molar-refractivity contribution >= 4 is 18.7 Å². The van der Waals surface area contributed by atoms with Crippen molar-refractivity contribution in [2.45, 2.75) is 32.7 Å². The van der Waals surface area contributed by atoms with E-state index >= 15 is 0 Å². The zero-order valence-corrected chi connectivity index (χ0v) is 13.2. The summed E-state index contributed by atoms with van der Waals surface area (Å²) in [4.78, 5) is 33.0. The molecule has 0 unspecified atom stereocenters. The third-order valence-electron chi connectivity index (χ3n) is 3.04. The van der Waals surface area contributed by atoms with Crippen molar-refractivity contribution in [3.8, 4) is 0 Å². The molecule has 9 heteroatoms. The van der Waals surface area contributed by atoms with Gasteiger partial charge in [0, 0.05) is 12.6 Å². The molecule has 0 aromatic carbocycles. The number of hydrogen-bond donors (Lipinski definition) is 2. The lowest BCUT2D eigenvalue weighted by atomic mass is 10.2. The number of ether oxygens (including phenoxy) is 1. The standard InChI is InChI=1S/C13H19N2O6P/c1-2-3-4-11-7-10-8-15(13(16)14-12(10)21-11)5-6-20-9-22(17,18)19/h7-8H,2-6,9H2,1H3,(H2,17,18,19). The Morgan fingerprint density at radius 2 is 2.23 bits per heavy atom. The minimum Gasteiger partial charge on any atom is -0.443 e. The van der Waals surface area contributed by atoms with Gasteiger partial charge < -0.3 is 18.9 Å². The number of hydrogen-bond acceptors (Lipinski definition) is 5. The molecule has 0 saturated carbocycles. The van der Waals surface area contributed by atoms with Crippen molar-refractivity contribution in [3.63, 3.8) is 0 Å². The minimum absolute atomic E-state index is 0.0126. The van der Waals surface area contributed by atoms with Gasteiger partial charge in [0.2, 0.25) is 5.71 Å². The quantitative estimate of drug-likeness (QED) is 0.556. The van der Waals surface area contributed by atoms with Gasteiger partial charge in [0.15, 0.2) is 0 Å². The summed E-state index contributed by atoms with van der Waals surface area (Å²) in [5.74, 6) is 0.791. The molecule has 2 heterocycles. The summed E-state index contributed by atoms with van der Waals surface area (Å²) in [6, 6.07) is 1.85. The monoisotopic (exact) mass is 330 g/mol. The van der Waals surface area contributed by atoms with Crippen LogP contribution in [0.25, 0.3) is 11.1 Å². The normalized spacial score (nSPS) is 12.1. The second-order valence-electron chi connectivity index (χ2n) is 5.00. The summed E-state index contributed by atoms with van der Waals surface area (Å²) in [7, 11) is -4.19. The van der Waals surface area contributed by atoms with Crippen molar-refractivity contribution in [3.05, 3.63) is 28.5 Å². The molecular formula is C13H19N2O6P. The Morgan fingerprint density at radius 1 is 1.45 bits per heavy atom. The fraction of sp³-hybridized carbons (Fsp3) is 0.538. The van der Waals surface area contributed by atoms with Gasteiger partial charge in [-0.15, -0.1) is 0 Å². The lowest BCUT2D eigenvalue weighted by molar-refractivity contribution is 0.148. The molecule has 0 bridgehead atoms. The minimum atomic E-state index is -4.19. The van der Waals surface area contributed by atoms with E-state index in [2.05, 4.69) is 11.9 Å². The van der Waals surface area contributed by atoms with Crippen LogP contribution < -0.4 is 5.69 Å². The van der Waals surface area contributed by atoms with Gasteiger partial charge in [-0.05, 0) is 12.5 Å². The Bertz CT molecular complexity index is 732. The molecule has 0 saturated heterocycles. The Balaban J connectivity index is 2.05. The second-order valence-corrected chi connectivity index (χ2v) is 6.58. The summed E-state index contributed by atoms with van der Waals surface area (Å²) < 4.78 is 22.4. The highest BCUT2D eigenvalue weighted by Crippen LogP contribution is 2.33. The molecule has 0 fully saturated rings. The molecule has 2 aromatic heterocycles. The molecule has 0 aliphatic heterocycles. The Hall–Kier alpha value is -1.47. The Labute approximate surface area is 126 Å². The van der Waals surface area contributed by atoms with Gasteiger partial charge in [0.1, 0.15) is 12.1 Å². The highest BCUT2D eigenvalue weighted by atomic mass is 31.2. The molecule has 122 valence electrons. The van der Waals surface area contributed by atoms with Gasteiger partial charge in [-0.1, -0.05) is 13.3 Å². The van der Waals surface area contributed by atoms with E-state index < -0.39 is 19.6 Å². The third kappa shape index (κ3) is 4.78. The predicted molar refractivity (Wildman–Crippen MR) is 79.7 cm³/mol. The first kappa shape index (κ1) is 16.9. The van der Waals surface area contributed by atoms with Crippen molar-refractivity contribution in [2.24, 2.45) is 0 Å². The van der Waals surface area contributed by atoms with Crippen molar-refractivity contribution in [2.75, 3.05) is 13.0 Å². The summed E-state index contributed by atoms with van der Waals surface area (Å²) in [5.41, 5.74) is -0.174. The number of unbranched alkanes of at least 4 members (excludes halogenated alkanes) is 1. The predicted octanol–water partition coefficient (Wildman–Crippen LogP) is 1.48. The molecule has 0 spiro atoms. The van der Waals surface area contributed by atoms with Crippen LogP contribution in [0.2, 0.25) is 0 Å². The third-order valence-corrected chi connectivity index (χ3v) is 3.56. The SMILES string of the molecule is CCCCc1cc2cn(CCOCP(=O)(O)O)c(=O)nc2o1. The molecule has 2 aromatic rings. The molecule has 0 amide bonds. The van der Waals surface area contributed by atoms with Crippen LogP contribution in [-0.4, -0.2) is 32.3 Å². The van der Waals surface area contributed by atoms with E-state index in [4.69, 9.17) is 18.9 Å². The molecule has 2 rings (SSSR count). The van der Waals surface area contributed by atoms with Crippen LogP contribution in [0.5, 0.6) is 0 Å². The molecule has 0 aliphatic rings. The zero-order chi connectivity index (χ0) is 16.2. The highest BCUT2D eigenvalue weighted by Gasteiger charge is 2.13. The number of aryl methyl sites for hydroxylation is 1. The average molecular weight is 330 g/mol. The van der Waals surface area contributed by atoms with Gasteiger partial charge in [-0.2, -0.15) is 4.98 Å². The van der Waals surface area contributed by atoms with Crippen molar-refractivity contribution < 1.29 is 23.5 Å². The van der Waals surface area contributed by atoms with Crippen LogP contribution in [0.4, 0.5) is 0 Å². The smallest absolute Gasteiger partial charge is 0.350 e. The van der Waals surface area contributed by atoms with Gasteiger partial charge in [-0.3, -0.25) is 9.13 Å². The topological polar surface area (TPSA) is 115 Å². The lowest BCUT2D eigenvalue weighted by Gasteiger charge is -2.07.